The van der Waals surface area contributed by atoms with E-state index in [0.29, 0.717) is 16.8 Å². The highest BCUT2D eigenvalue weighted by Crippen LogP contribution is 2.25. The first-order chi connectivity index (χ1) is 15.7. The van der Waals surface area contributed by atoms with Gasteiger partial charge in [-0.3, -0.25) is 9.20 Å². The average molecular weight is 463 g/mol. The van der Waals surface area contributed by atoms with E-state index in [2.05, 4.69) is 20.4 Å². The van der Waals surface area contributed by atoms with E-state index in [-0.39, 0.29) is 28.6 Å². The summed E-state index contributed by atoms with van der Waals surface area (Å²) in [6.07, 6.45) is -5.40. The summed E-state index contributed by atoms with van der Waals surface area (Å²) in [6.45, 7) is 1.75. The SMILES string of the molecule is Cc1ccc(-c2noc(C[C@H](O)C(F)F)n2)cc1NC(=O)c1cnc2cc(C(F)F)ccn12. The summed E-state index contributed by atoms with van der Waals surface area (Å²) in [5, 5.41) is 15.7. The maximum Gasteiger partial charge on any atom is 0.274 e. The van der Waals surface area contributed by atoms with Crippen molar-refractivity contribution in [1.82, 2.24) is 19.5 Å². The lowest BCUT2D eigenvalue weighted by atomic mass is 10.1. The monoisotopic (exact) mass is 463 g/mol. The lowest BCUT2D eigenvalue weighted by Crippen LogP contribution is -2.20. The van der Waals surface area contributed by atoms with Crippen LogP contribution in [0, 0.1) is 6.92 Å². The fraction of sp³-hybridized carbons (Fsp3) is 0.238. The zero-order valence-corrected chi connectivity index (χ0v) is 17.0. The van der Waals surface area contributed by atoms with E-state index in [1.54, 1.807) is 25.1 Å². The molecule has 2 N–H and O–H groups in total. The molecule has 1 aromatic carbocycles. The van der Waals surface area contributed by atoms with Crippen molar-refractivity contribution in [1.29, 1.82) is 0 Å². The first-order valence-electron chi connectivity index (χ1n) is 9.69. The number of nitrogens with zero attached hydrogens (tertiary/aromatic N) is 4. The van der Waals surface area contributed by atoms with E-state index < -0.39 is 31.3 Å². The number of anilines is 1. The molecule has 1 amide bonds. The van der Waals surface area contributed by atoms with Gasteiger partial charge in [0.1, 0.15) is 17.4 Å². The van der Waals surface area contributed by atoms with Crippen LogP contribution in [0.15, 0.2) is 47.2 Å². The van der Waals surface area contributed by atoms with Gasteiger partial charge >= 0.3 is 0 Å². The number of aliphatic hydroxyl groups is 1. The zero-order chi connectivity index (χ0) is 23.7. The molecule has 0 bridgehead atoms. The summed E-state index contributed by atoms with van der Waals surface area (Å²) in [7, 11) is 0. The van der Waals surface area contributed by atoms with Crippen LogP contribution < -0.4 is 5.32 Å². The number of amides is 1. The van der Waals surface area contributed by atoms with Crippen LogP contribution in [0.2, 0.25) is 0 Å². The van der Waals surface area contributed by atoms with Gasteiger partial charge in [0.25, 0.3) is 18.8 Å². The summed E-state index contributed by atoms with van der Waals surface area (Å²) in [6, 6.07) is 7.33. The molecule has 0 fully saturated rings. The molecule has 12 heteroatoms. The predicted molar refractivity (Wildman–Crippen MR) is 108 cm³/mol. The maximum atomic E-state index is 12.9. The van der Waals surface area contributed by atoms with E-state index >= 15 is 0 Å². The number of pyridine rings is 1. The number of fused-ring (bicyclic) bond motifs is 1. The first kappa shape index (κ1) is 22.4. The maximum absolute atomic E-state index is 12.9. The third-order valence-corrected chi connectivity index (χ3v) is 4.91. The summed E-state index contributed by atoms with van der Waals surface area (Å²) in [5.41, 5.74) is 1.70. The van der Waals surface area contributed by atoms with Gasteiger partial charge in [-0.1, -0.05) is 17.3 Å². The molecule has 3 heterocycles. The van der Waals surface area contributed by atoms with Crippen molar-refractivity contribution >= 4 is 17.2 Å². The van der Waals surface area contributed by atoms with E-state index in [9.17, 15) is 27.5 Å². The van der Waals surface area contributed by atoms with Gasteiger partial charge in [-0.25, -0.2) is 22.5 Å². The Morgan fingerprint density at radius 3 is 2.73 bits per heavy atom. The molecule has 0 spiro atoms. The number of aliphatic hydroxyl groups excluding tert-OH is 1. The second kappa shape index (κ2) is 8.98. The molecule has 172 valence electrons. The molecule has 4 rings (SSSR count). The lowest BCUT2D eigenvalue weighted by molar-refractivity contribution is -0.00754. The molecule has 0 saturated carbocycles. The third kappa shape index (κ3) is 4.70. The highest BCUT2D eigenvalue weighted by atomic mass is 19.3. The third-order valence-electron chi connectivity index (χ3n) is 4.91. The number of aryl methyl sites for hydroxylation is 1. The van der Waals surface area contributed by atoms with Crippen molar-refractivity contribution in [3.8, 4) is 11.4 Å². The van der Waals surface area contributed by atoms with Crippen LogP contribution in [0.1, 0.15) is 33.9 Å². The number of hydrogen-bond acceptors (Lipinski definition) is 6. The Bertz CT molecular complexity index is 1300. The van der Waals surface area contributed by atoms with Gasteiger partial charge in [-0.05, 0) is 30.7 Å². The van der Waals surface area contributed by atoms with Crippen molar-refractivity contribution in [2.75, 3.05) is 5.32 Å². The highest BCUT2D eigenvalue weighted by Gasteiger charge is 2.21. The number of rotatable bonds is 7. The molecule has 4 aromatic rings. The Morgan fingerprint density at radius 2 is 2.00 bits per heavy atom. The Balaban J connectivity index is 1.56. The number of halogens is 4. The van der Waals surface area contributed by atoms with Gasteiger partial charge in [0, 0.05) is 23.0 Å². The fourth-order valence-electron chi connectivity index (χ4n) is 3.11. The van der Waals surface area contributed by atoms with E-state index in [0.717, 1.165) is 0 Å². The summed E-state index contributed by atoms with van der Waals surface area (Å²) in [5.74, 6) is -0.587. The molecule has 8 nitrogen and oxygen atoms in total. The van der Waals surface area contributed by atoms with Crippen LogP contribution in [0.3, 0.4) is 0 Å². The quantitative estimate of drug-likeness (QED) is 0.401. The number of aromatic nitrogens is 4. The minimum absolute atomic E-state index is 0.0938. The Labute approximate surface area is 183 Å². The van der Waals surface area contributed by atoms with Crippen LogP contribution in [-0.4, -0.2) is 43.1 Å². The van der Waals surface area contributed by atoms with Crippen LogP contribution >= 0.6 is 0 Å². The predicted octanol–water partition coefficient (Wildman–Crippen LogP) is 4.05. The van der Waals surface area contributed by atoms with Crippen LogP contribution in [0.25, 0.3) is 17.0 Å². The summed E-state index contributed by atoms with van der Waals surface area (Å²) >= 11 is 0. The van der Waals surface area contributed by atoms with Gasteiger partial charge in [0.2, 0.25) is 11.7 Å². The number of carbonyl (C=O) groups excluding carboxylic acids is 1. The van der Waals surface area contributed by atoms with Gasteiger partial charge < -0.3 is 14.9 Å². The van der Waals surface area contributed by atoms with Crippen LogP contribution in [0.4, 0.5) is 23.2 Å². The molecule has 3 aromatic heterocycles. The standard InChI is InChI=1S/C21H17F4N5O3/c1-10-2-3-12(20-28-17(33-29-20)8-15(31)19(24)25)6-13(10)27-21(32)14-9-26-16-7-11(18(22)23)4-5-30(14)16/h2-7,9,15,18-19,31H,8H2,1H3,(H,27,32)/t15-/m0/s1. The minimum Gasteiger partial charge on any atom is -0.387 e. The van der Waals surface area contributed by atoms with E-state index in [1.165, 1.54) is 28.9 Å². The smallest absolute Gasteiger partial charge is 0.274 e. The molecular formula is C21H17F4N5O3. The van der Waals surface area contributed by atoms with Crippen molar-refractivity contribution in [3.63, 3.8) is 0 Å². The van der Waals surface area contributed by atoms with Crippen molar-refractivity contribution in [2.45, 2.75) is 32.3 Å². The van der Waals surface area contributed by atoms with Crippen LogP contribution in [-0.2, 0) is 6.42 Å². The van der Waals surface area contributed by atoms with Gasteiger partial charge in [-0.2, -0.15) is 4.98 Å². The molecule has 0 aliphatic heterocycles. The van der Waals surface area contributed by atoms with Crippen molar-refractivity contribution < 1.29 is 32.0 Å². The second-order valence-corrected chi connectivity index (χ2v) is 7.23. The van der Waals surface area contributed by atoms with Gasteiger partial charge in [-0.15, -0.1) is 0 Å². The Hall–Kier alpha value is -3.80. The van der Waals surface area contributed by atoms with Gasteiger partial charge in [0.05, 0.1) is 12.6 Å². The topological polar surface area (TPSA) is 106 Å². The molecule has 0 aliphatic carbocycles. The molecule has 0 aliphatic rings. The van der Waals surface area contributed by atoms with E-state index in [4.69, 9.17) is 4.52 Å². The van der Waals surface area contributed by atoms with Crippen molar-refractivity contribution in [2.24, 2.45) is 0 Å². The zero-order valence-electron chi connectivity index (χ0n) is 17.0. The number of imidazole rings is 1. The highest BCUT2D eigenvalue weighted by molar-refractivity contribution is 6.04. The second-order valence-electron chi connectivity index (χ2n) is 7.23. The number of hydrogen-bond donors (Lipinski definition) is 2. The molecule has 0 unspecified atom stereocenters. The number of alkyl halides is 4. The first-order valence-corrected chi connectivity index (χ1v) is 9.69. The van der Waals surface area contributed by atoms with Crippen LogP contribution in [0.5, 0.6) is 0 Å². The van der Waals surface area contributed by atoms with Crippen molar-refractivity contribution in [3.05, 3.63) is 65.4 Å². The number of benzene rings is 1. The molecule has 0 radical (unpaired) electrons. The Morgan fingerprint density at radius 1 is 1.21 bits per heavy atom. The molecule has 33 heavy (non-hydrogen) atoms. The minimum atomic E-state index is -2.94. The van der Waals surface area contributed by atoms with E-state index in [1.807, 2.05) is 0 Å². The average Bonchev–Trinajstić information content (AvgIpc) is 3.41. The number of nitrogens with one attached hydrogen (secondary N) is 1. The fourth-order valence-corrected chi connectivity index (χ4v) is 3.11. The molecule has 1 atom stereocenters. The molecule has 0 saturated heterocycles. The van der Waals surface area contributed by atoms with Gasteiger partial charge in [0.15, 0.2) is 0 Å². The molecular weight excluding hydrogens is 446 g/mol. The lowest BCUT2D eigenvalue weighted by Gasteiger charge is -2.10. The summed E-state index contributed by atoms with van der Waals surface area (Å²) in [4.78, 5) is 20.8. The summed E-state index contributed by atoms with van der Waals surface area (Å²) < 4.78 is 57.1. The normalized spacial score (nSPS) is 12.6. The Kier molecular flexibility index (Phi) is 6.09. The number of carbonyl (C=O) groups is 1. The largest absolute Gasteiger partial charge is 0.387 e.